The number of rotatable bonds is 5. The Morgan fingerprint density at radius 1 is 1.26 bits per heavy atom. The number of aromatic hydroxyl groups is 1. The Labute approximate surface area is 154 Å². The third-order valence-corrected chi connectivity index (χ3v) is 4.94. The summed E-state index contributed by atoms with van der Waals surface area (Å²) in [6.07, 6.45) is 0. The highest BCUT2D eigenvalue weighted by Crippen LogP contribution is 2.32. The molecule has 11 heteroatoms. The van der Waals surface area contributed by atoms with E-state index in [1.54, 1.807) is 6.92 Å². The van der Waals surface area contributed by atoms with Crippen molar-refractivity contribution >= 4 is 27.4 Å². The lowest BCUT2D eigenvalue weighted by Gasteiger charge is -2.12. The largest absolute Gasteiger partial charge is 0.493 e. The molecule has 4 N–H and O–H groups in total. The molecule has 2 rings (SSSR count). The van der Waals surface area contributed by atoms with Crippen molar-refractivity contribution in [1.82, 2.24) is 4.57 Å². The Hall–Kier alpha value is -3.05. The number of nitrogens with two attached hydrogens (primary N) is 1. The predicted molar refractivity (Wildman–Crippen MR) is 96.5 cm³/mol. The Morgan fingerprint density at radius 2 is 1.89 bits per heavy atom. The summed E-state index contributed by atoms with van der Waals surface area (Å²) in [4.78, 5) is 23.6. The first-order chi connectivity index (χ1) is 12.5. The van der Waals surface area contributed by atoms with Gasteiger partial charge in [0.25, 0.3) is 21.6 Å². The first-order valence-electron chi connectivity index (χ1n) is 7.75. The zero-order chi connectivity index (χ0) is 20.5. The number of hydrogen-bond donors (Lipinski definition) is 3. The minimum Gasteiger partial charge on any atom is -0.493 e. The predicted octanol–water partition coefficient (Wildman–Crippen LogP) is 1.95. The van der Waals surface area contributed by atoms with Gasteiger partial charge in [-0.1, -0.05) is 0 Å². The lowest BCUT2D eigenvalue weighted by molar-refractivity contribution is 0.0997. The average Bonchev–Trinajstić information content (AvgIpc) is 2.53. The number of aryl methyl sites for hydroxylation is 1. The second kappa shape index (κ2) is 7.29. The quantitative estimate of drug-likeness (QED) is 0.518. The molecule has 0 spiro atoms. The number of benzene rings is 1. The molecule has 1 heterocycles. The van der Waals surface area contributed by atoms with E-state index in [-0.39, 0.29) is 39.5 Å². The monoisotopic (exact) mass is 394 g/mol. The molecule has 10 nitrogen and oxygen atoms in total. The third-order valence-electron chi connectivity index (χ3n) is 3.92. The van der Waals surface area contributed by atoms with Crippen LogP contribution in [0.2, 0.25) is 0 Å². The number of hydrogen-bond acceptors (Lipinski definition) is 7. The zero-order valence-electron chi connectivity index (χ0n) is 14.8. The maximum absolute atomic E-state index is 12.2. The number of carbonyl (C=O) groups excluding carboxylic acids is 1. The fraction of sp³-hybridized carbons (Fsp3) is 0.250. The van der Waals surface area contributed by atoms with E-state index in [1.165, 1.54) is 26.0 Å². The third kappa shape index (κ3) is 3.88. The average molecular weight is 394 g/mol. The molecule has 0 aliphatic rings. The van der Waals surface area contributed by atoms with Crippen molar-refractivity contribution in [3.63, 3.8) is 0 Å². The first kappa shape index (κ1) is 20.3. The molecule has 1 aromatic heterocycles. The van der Waals surface area contributed by atoms with E-state index < -0.39 is 27.5 Å². The molecule has 0 atom stereocenters. The highest BCUT2D eigenvalue weighted by Gasteiger charge is 2.21. The van der Waals surface area contributed by atoms with Gasteiger partial charge in [-0.15, -0.1) is 5.11 Å². The Morgan fingerprint density at radius 3 is 2.37 bits per heavy atom. The standard InChI is InChI=1S/C16H18N4O6S/c1-4-20-15(22)12(14(17)21)9(3)13(16(20)23)19-18-10-5-6-11(8(2)7-10)27(24,25)26/h5-7,23H,4H2,1-3H3,(H2,17,21)(H,24,25,26). The van der Waals surface area contributed by atoms with Gasteiger partial charge in [-0.2, -0.15) is 13.5 Å². The Kier molecular flexibility index (Phi) is 5.47. The SMILES string of the molecule is CCn1c(O)c(N=Nc2ccc(S(=O)(=O)O)c(C)c2)c(C)c(C(N)=O)c1=O. The van der Waals surface area contributed by atoms with Gasteiger partial charge in [0.2, 0.25) is 5.88 Å². The molecular weight excluding hydrogens is 376 g/mol. The van der Waals surface area contributed by atoms with Crippen molar-refractivity contribution in [2.24, 2.45) is 16.0 Å². The molecule has 27 heavy (non-hydrogen) atoms. The minimum absolute atomic E-state index is 0.0738. The van der Waals surface area contributed by atoms with E-state index in [1.807, 2.05) is 0 Å². The highest BCUT2D eigenvalue weighted by molar-refractivity contribution is 7.85. The van der Waals surface area contributed by atoms with Gasteiger partial charge in [-0.05, 0) is 44.5 Å². The molecule has 0 aliphatic carbocycles. The topological polar surface area (TPSA) is 164 Å². The van der Waals surface area contributed by atoms with Gasteiger partial charge in [0.1, 0.15) is 11.3 Å². The van der Waals surface area contributed by atoms with Crippen LogP contribution in [0.1, 0.15) is 28.4 Å². The van der Waals surface area contributed by atoms with Gasteiger partial charge >= 0.3 is 0 Å². The normalized spacial score (nSPS) is 11.9. The van der Waals surface area contributed by atoms with Crippen molar-refractivity contribution in [1.29, 1.82) is 0 Å². The van der Waals surface area contributed by atoms with Gasteiger partial charge in [0, 0.05) is 12.1 Å². The molecule has 1 aromatic carbocycles. The molecule has 0 unspecified atom stereocenters. The maximum atomic E-state index is 12.2. The molecule has 0 bridgehead atoms. The fourth-order valence-corrected chi connectivity index (χ4v) is 3.31. The van der Waals surface area contributed by atoms with Crippen molar-refractivity contribution in [2.75, 3.05) is 0 Å². The molecule has 0 radical (unpaired) electrons. The zero-order valence-corrected chi connectivity index (χ0v) is 15.6. The summed E-state index contributed by atoms with van der Waals surface area (Å²) >= 11 is 0. The molecule has 1 amide bonds. The minimum atomic E-state index is -4.36. The number of nitrogens with zero attached hydrogens (tertiary/aromatic N) is 3. The van der Waals surface area contributed by atoms with Crippen LogP contribution in [-0.4, -0.2) is 28.6 Å². The Bertz CT molecular complexity index is 1120. The van der Waals surface area contributed by atoms with E-state index in [2.05, 4.69) is 10.2 Å². The smallest absolute Gasteiger partial charge is 0.294 e. The first-order valence-corrected chi connectivity index (χ1v) is 9.19. The van der Waals surface area contributed by atoms with Crippen LogP contribution < -0.4 is 11.3 Å². The highest BCUT2D eigenvalue weighted by atomic mass is 32.2. The van der Waals surface area contributed by atoms with Crippen LogP contribution in [0, 0.1) is 13.8 Å². The van der Waals surface area contributed by atoms with E-state index in [4.69, 9.17) is 10.3 Å². The molecule has 0 aliphatic heterocycles. The van der Waals surface area contributed by atoms with Gasteiger partial charge in [-0.25, -0.2) is 0 Å². The van der Waals surface area contributed by atoms with Crippen LogP contribution in [0.5, 0.6) is 5.88 Å². The van der Waals surface area contributed by atoms with Crippen LogP contribution in [0.15, 0.2) is 38.1 Å². The van der Waals surface area contributed by atoms with Gasteiger partial charge in [0.15, 0.2) is 0 Å². The van der Waals surface area contributed by atoms with Crippen molar-refractivity contribution < 1.29 is 22.9 Å². The van der Waals surface area contributed by atoms with E-state index in [0.717, 1.165) is 10.6 Å². The summed E-state index contributed by atoms with van der Waals surface area (Å²) in [6.45, 7) is 4.55. The summed E-state index contributed by atoms with van der Waals surface area (Å²) in [6, 6.07) is 3.83. The Balaban J connectivity index is 2.61. The number of azo groups is 1. The molecular formula is C16H18N4O6S. The van der Waals surface area contributed by atoms with Crippen molar-refractivity contribution in [3.8, 4) is 5.88 Å². The van der Waals surface area contributed by atoms with Crippen LogP contribution >= 0.6 is 0 Å². The van der Waals surface area contributed by atoms with Gasteiger partial charge in [0.05, 0.1) is 10.6 Å². The van der Waals surface area contributed by atoms with Crippen LogP contribution in [-0.2, 0) is 16.7 Å². The number of primary amides is 1. The second-order valence-corrected chi connectivity index (χ2v) is 7.10. The van der Waals surface area contributed by atoms with Gasteiger partial charge in [-0.3, -0.25) is 18.7 Å². The fourth-order valence-electron chi connectivity index (χ4n) is 2.60. The lowest BCUT2D eigenvalue weighted by atomic mass is 10.1. The molecule has 0 fully saturated rings. The van der Waals surface area contributed by atoms with Crippen molar-refractivity contribution in [2.45, 2.75) is 32.2 Å². The summed E-state index contributed by atoms with van der Waals surface area (Å²) < 4.78 is 32.5. The number of aromatic nitrogens is 1. The number of pyridine rings is 1. The van der Waals surface area contributed by atoms with E-state index in [9.17, 15) is 23.1 Å². The number of carbonyl (C=O) groups is 1. The van der Waals surface area contributed by atoms with Crippen LogP contribution in [0.4, 0.5) is 11.4 Å². The number of amides is 1. The molecule has 0 saturated carbocycles. The van der Waals surface area contributed by atoms with Crippen molar-refractivity contribution in [3.05, 3.63) is 45.2 Å². The van der Waals surface area contributed by atoms with E-state index in [0.29, 0.717) is 0 Å². The van der Waals surface area contributed by atoms with E-state index >= 15 is 0 Å². The van der Waals surface area contributed by atoms with Gasteiger partial charge < -0.3 is 10.8 Å². The summed E-state index contributed by atoms with van der Waals surface area (Å²) in [5.41, 5.74) is 4.66. The summed E-state index contributed by atoms with van der Waals surface area (Å²) in [7, 11) is -4.36. The molecule has 0 saturated heterocycles. The lowest BCUT2D eigenvalue weighted by Crippen LogP contribution is -2.30. The second-order valence-electron chi connectivity index (χ2n) is 5.71. The van der Waals surface area contributed by atoms with Crippen LogP contribution in [0.25, 0.3) is 0 Å². The summed E-state index contributed by atoms with van der Waals surface area (Å²) in [5, 5.41) is 18.1. The molecule has 144 valence electrons. The maximum Gasteiger partial charge on any atom is 0.294 e. The molecule has 2 aromatic rings. The summed E-state index contributed by atoms with van der Waals surface area (Å²) in [5.74, 6) is -1.43. The van der Waals surface area contributed by atoms with Crippen LogP contribution in [0.3, 0.4) is 0 Å².